The molecule has 2 aliphatic rings. The monoisotopic (exact) mass is 402 g/mol. The van der Waals surface area contributed by atoms with Crippen molar-refractivity contribution in [2.45, 2.75) is 37.2 Å². The fourth-order valence-corrected chi connectivity index (χ4v) is 4.18. The van der Waals surface area contributed by atoms with Gasteiger partial charge in [0.15, 0.2) is 11.5 Å². The second kappa shape index (κ2) is 7.44. The summed E-state index contributed by atoms with van der Waals surface area (Å²) in [7, 11) is -3.76. The third-order valence-corrected chi connectivity index (χ3v) is 6.40. The molecule has 0 saturated heterocycles. The number of carbonyl (C=O) groups is 1. The molecule has 148 valence electrons. The number of sulfonamides is 1. The molecule has 2 aromatic carbocycles. The molecule has 0 unspecified atom stereocenters. The first-order chi connectivity index (χ1) is 13.4. The lowest BCUT2D eigenvalue weighted by Crippen LogP contribution is -2.34. The van der Waals surface area contributed by atoms with Crippen LogP contribution >= 0.6 is 0 Å². The summed E-state index contributed by atoms with van der Waals surface area (Å²) in [5, 5.41) is 2.94. The summed E-state index contributed by atoms with van der Waals surface area (Å²) < 4.78 is 38.4. The Labute approximate surface area is 164 Å². The van der Waals surface area contributed by atoms with E-state index in [1.54, 1.807) is 30.3 Å². The van der Waals surface area contributed by atoms with Gasteiger partial charge in [-0.1, -0.05) is 12.1 Å². The lowest BCUT2D eigenvalue weighted by atomic mass is 10.1. The molecule has 1 aliphatic heterocycles. The predicted molar refractivity (Wildman–Crippen MR) is 103 cm³/mol. The Bertz CT molecular complexity index is 1000. The van der Waals surface area contributed by atoms with Gasteiger partial charge in [-0.3, -0.25) is 4.79 Å². The number of nitrogens with one attached hydrogen (secondary N) is 2. The van der Waals surface area contributed by atoms with Crippen molar-refractivity contribution < 1.29 is 22.7 Å². The molecule has 1 heterocycles. The van der Waals surface area contributed by atoms with E-state index in [1.807, 2.05) is 6.92 Å². The summed E-state index contributed by atoms with van der Waals surface area (Å²) >= 11 is 0. The first kappa shape index (κ1) is 18.8. The maximum absolute atomic E-state index is 12.7. The van der Waals surface area contributed by atoms with Crippen molar-refractivity contribution in [1.82, 2.24) is 10.0 Å². The lowest BCUT2D eigenvalue weighted by Gasteiger charge is -2.13. The zero-order chi connectivity index (χ0) is 19.7. The third-order valence-electron chi connectivity index (χ3n) is 5.00. The predicted octanol–water partition coefficient (Wildman–Crippen LogP) is 2.42. The van der Waals surface area contributed by atoms with Gasteiger partial charge >= 0.3 is 0 Å². The normalized spacial score (nSPS) is 16.6. The van der Waals surface area contributed by atoms with Crippen molar-refractivity contribution in [2.24, 2.45) is 5.92 Å². The Morgan fingerprint density at radius 3 is 2.71 bits per heavy atom. The maximum atomic E-state index is 12.7. The van der Waals surface area contributed by atoms with Crippen LogP contribution in [0.2, 0.25) is 0 Å². The quantitative estimate of drug-likeness (QED) is 0.742. The molecule has 0 bridgehead atoms. The van der Waals surface area contributed by atoms with Gasteiger partial charge in [-0.2, -0.15) is 0 Å². The molecule has 0 spiro atoms. The molecule has 2 N–H and O–H groups in total. The fraction of sp³-hybridized carbons (Fsp3) is 0.350. The minimum Gasteiger partial charge on any atom is -0.454 e. The Kier molecular flexibility index (Phi) is 4.99. The van der Waals surface area contributed by atoms with Crippen molar-refractivity contribution in [1.29, 1.82) is 0 Å². The van der Waals surface area contributed by atoms with Crippen LogP contribution in [0.4, 0.5) is 0 Å². The molecular weight excluding hydrogens is 380 g/mol. The van der Waals surface area contributed by atoms with Gasteiger partial charge in [0, 0.05) is 18.2 Å². The van der Waals surface area contributed by atoms with Crippen LogP contribution in [0.1, 0.15) is 35.7 Å². The molecule has 7 nitrogen and oxygen atoms in total. The van der Waals surface area contributed by atoms with Gasteiger partial charge in [-0.15, -0.1) is 0 Å². The van der Waals surface area contributed by atoms with Crippen molar-refractivity contribution >= 4 is 15.9 Å². The molecule has 1 atom stereocenters. The van der Waals surface area contributed by atoms with E-state index in [4.69, 9.17) is 9.47 Å². The van der Waals surface area contributed by atoms with Crippen LogP contribution < -0.4 is 19.5 Å². The highest BCUT2D eigenvalue weighted by atomic mass is 32.2. The Morgan fingerprint density at radius 2 is 1.93 bits per heavy atom. The average molecular weight is 402 g/mol. The molecular formula is C20H22N2O5S. The molecule has 1 amide bonds. The molecule has 1 saturated carbocycles. The average Bonchev–Trinajstić information content (AvgIpc) is 3.44. The Hall–Kier alpha value is -2.58. The molecule has 0 aromatic heterocycles. The number of rotatable bonds is 7. The van der Waals surface area contributed by atoms with Gasteiger partial charge in [-0.05, 0) is 61.6 Å². The van der Waals surface area contributed by atoms with E-state index in [9.17, 15) is 13.2 Å². The number of hydrogen-bond acceptors (Lipinski definition) is 5. The highest BCUT2D eigenvalue weighted by Gasteiger charge is 2.29. The second-order valence-corrected chi connectivity index (χ2v) is 8.91. The summed E-state index contributed by atoms with van der Waals surface area (Å²) in [6.45, 7) is 2.25. The van der Waals surface area contributed by atoms with Crippen LogP contribution in [0, 0.1) is 5.92 Å². The zero-order valence-corrected chi connectivity index (χ0v) is 16.3. The first-order valence-corrected chi connectivity index (χ1v) is 10.7. The molecule has 1 fully saturated rings. The number of carbonyl (C=O) groups excluding carboxylic acids is 1. The molecule has 2 aromatic rings. The third kappa shape index (κ3) is 4.13. The molecule has 28 heavy (non-hydrogen) atoms. The SMILES string of the molecule is C[C@H](NC(=O)c1cccc(S(=O)(=O)NCc2ccc3c(c2)OCO3)c1)C1CC1. The van der Waals surface area contributed by atoms with E-state index in [-0.39, 0.29) is 30.2 Å². The summed E-state index contributed by atoms with van der Waals surface area (Å²) in [6, 6.07) is 11.4. The van der Waals surface area contributed by atoms with Gasteiger partial charge < -0.3 is 14.8 Å². The number of benzene rings is 2. The number of ether oxygens (including phenoxy) is 2. The minimum absolute atomic E-state index is 0.0555. The molecule has 1 aliphatic carbocycles. The van der Waals surface area contributed by atoms with Gasteiger partial charge in [0.25, 0.3) is 5.91 Å². The highest BCUT2D eigenvalue weighted by molar-refractivity contribution is 7.89. The second-order valence-electron chi connectivity index (χ2n) is 7.14. The number of hydrogen-bond donors (Lipinski definition) is 2. The van der Waals surface area contributed by atoms with E-state index < -0.39 is 10.0 Å². The topological polar surface area (TPSA) is 93.7 Å². The summed E-state index contributed by atoms with van der Waals surface area (Å²) in [6.07, 6.45) is 2.25. The summed E-state index contributed by atoms with van der Waals surface area (Å²) in [4.78, 5) is 12.5. The minimum atomic E-state index is -3.76. The molecule has 4 rings (SSSR count). The lowest BCUT2D eigenvalue weighted by molar-refractivity contribution is 0.0935. The van der Waals surface area contributed by atoms with Crippen LogP contribution in [0.15, 0.2) is 47.4 Å². The van der Waals surface area contributed by atoms with Gasteiger partial charge in [0.05, 0.1) is 4.90 Å². The van der Waals surface area contributed by atoms with E-state index in [2.05, 4.69) is 10.0 Å². The van der Waals surface area contributed by atoms with Crippen LogP contribution in [-0.4, -0.2) is 27.2 Å². The molecule has 0 radical (unpaired) electrons. The zero-order valence-electron chi connectivity index (χ0n) is 15.5. The standard InChI is InChI=1S/C20H22N2O5S/c1-13(15-6-7-15)22-20(23)16-3-2-4-17(10-16)28(24,25)21-11-14-5-8-18-19(9-14)27-12-26-18/h2-5,8-10,13,15,21H,6-7,11-12H2,1H3,(H,22,23)/t13-/m0/s1. The number of fused-ring (bicyclic) bond motifs is 1. The summed E-state index contributed by atoms with van der Waals surface area (Å²) in [5.74, 6) is 1.51. The van der Waals surface area contributed by atoms with E-state index >= 15 is 0 Å². The van der Waals surface area contributed by atoms with Gasteiger partial charge in [0.2, 0.25) is 16.8 Å². The van der Waals surface area contributed by atoms with Crippen molar-refractivity contribution in [3.05, 3.63) is 53.6 Å². The van der Waals surface area contributed by atoms with Gasteiger partial charge in [-0.25, -0.2) is 13.1 Å². The van der Waals surface area contributed by atoms with E-state index in [1.165, 1.54) is 12.1 Å². The van der Waals surface area contributed by atoms with Crippen LogP contribution in [0.5, 0.6) is 11.5 Å². The Balaban J connectivity index is 1.44. The van der Waals surface area contributed by atoms with Crippen LogP contribution in [0.3, 0.4) is 0 Å². The fourth-order valence-electron chi connectivity index (χ4n) is 3.12. The highest BCUT2D eigenvalue weighted by Crippen LogP contribution is 2.33. The Morgan fingerprint density at radius 1 is 1.14 bits per heavy atom. The first-order valence-electron chi connectivity index (χ1n) is 9.21. The van der Waals surface area contributed by atoms with Crippen LogP contribution in [0.25, 0.3) is 0 Å². The number of amides is 1. The maximum Gasteiger partial charge on any atom is 0.251 e. The van der Waals surface area contributed by atoms with Gasteiger partial charge in [0.1, 0.15) is 0 Å². The van der Waals surface area contributed by atoms with E-state index in [0.29, 0.717) is 23.0 Å². The van der Waals surface area contributed by atoms with Crippen LogP contribution in [-0.2, 0) is 16.6 Å². The van der Waals surface area contributed by atoms with Crippen molar-refractivity contribution in [3.63, 3.8) is 0 Å². The van der Waals surface area contributed by atoms with E-state index in [0.717, 1.165) is 18.4 Å². The smallest absolute Gasteiger partial charge is 0.251 e. The molecule has 8 heteroatoms. The summed E-state index contributed by atoms with van der Waals surface area (Å²) in [5.41, 5.74) is 1.08. The van der Waals surface area contributed by atoms with Crippen molar-refractivity contribution in [2.75, 3.05) is 6.79 Å². The largest absolute Gasteiger partial charge is 0.454 e. The van der Waals surface area contributed by atoms with Crippen molar-refractivity contribution in [3.8, 4) is 11.5 Å².